The Bertz CT molecular complexity index is 542. The summed E-state index contributed by atoms with van der Waals surface area (Å²) in [5.74, 6) is 0.0817. The van der Waals surface area contributed by atoms with Crippen LogP contribution in [0.5, 0.6) is 5.75 Å². The highest BCUT2D eigenvalue weighted by molar-refractivity contribution is 7.89. The second kappa shape index (κ2) is 6.06. The fraction of sp³-hybridized carbons (Fsp3) is 0.455. The Morgan fingerprint density at radius 2 is 1.95 bits per heavy atom. The van der Waals surface area contributed by atoms with Gasteiger partial charge in [0.2, 0.25) is 10.0 Å². The molecule has 0 heterocycles. The first kappa shape index (κ1) is 16.2. The molecule has 0 atom stereocenters. The summed E-state index contributed by atoms with van der Waals surface area (Å²) in [6.45, 7) is 0.296. The van der Waals surface area contributed by atoms with Crippen molar-refractivity contribution in [2.45, 2.75) is 17.4 Å². The second-order valence-corrected chi connectivity index (χ2v) is 6.36. The Labute approximate surface area is 117 Å². The van der Waals surface area contributed by atoms with E-state index in [2.05, 4.69) is 4.72 Å². The maximum absolute atomic E-state index is 12.2. The van der Waals surface area contributed by atoms with Crippen LogP contribution in [0.4, 0.5) is 0 Å². The van der Waals surface area contributed by atoms with Gasteiger partial charge in [0.15, 0.2) is 0 Å². The molecule has 0 saturated heterocycles. The van der Waals surface area contributed by atoms with Crippen molar-refractivity contribution in [1.82, 2.24) is 4.72 Å². The van der Waals surface area contributed by atoms with Crippen LogP contribution in [0, 0.1) is 0 Å². The lowest BCUT2D eigenvalue weighted by molar-refractivity contribution is 0.121. The number of hydrogen-bond donors (Lipinski definition) is 3. The van der Waals surface area contributed by atoms with Gasteiger partial charge in [0, 0.05) is 11.1 Å². The molecule has 0 saturated carbocycles. The van der Waals surface area contributed by atoms with Crippen LogP contribution in [0.2, 0.25) is 5.02 Å². The summed E-state index contributed by atoms with van der Waals surface area (Å²) >= 11 is 5.76. The Morgan fingerprint density at radius 3 is 2.42 bits per heavy atom. The van der Waals surface area contributed by atoms with Crippen LogP contribution in [0.1, 0.15) is 6.92 Å². The number of aliphatic hydroxyl groups excluding tert-OH is 2. The van der Waals surface area contributed by atoms with E-state index >= 15 is 0 Å². The fourth-order valence-corrected chi connectivity index (χ4v) is 3.06. The molecule has 0 aliphatic heterocycles. The van der Waals surface area contributed by atoms with E-state index in [0.717, 1.165) is 0 Å². The van der Waals surface area contributed by atoms with E-state index in [1.54, 1.807) is 0 Å². The molecule has 19 heavy (non-hydrogen) atoms. The molecule has 0 aliphatic rings. The molecule has 0 bridgehead atoms. The third-order valence-corrected chi connectivity index (χ3v) is 4.41. The van der Waals surface area contributed by atoms with Gasteiger partial charge in [-0.15, -0.1) is 0 Å². The summed E-state index contributed by atoms with van der Waals surface area (Å²) in [6, 6.07) is 4.07. The molecule has 108 valence electrons. The predicted octanol–water partition coefficient (Wildman–Crippen LogP) is 0.370. The first-order valence-corrected chi connectivity index (χ1v) is 7.23. The molecule has 6 nitrogen and oxygen atoms in total. The Balaban J connectivity index is 3.21. The van der Waals surface area contributed by atoms with E-state index in [9.17, 15) is 8.42 Å². The number of hydrogen-bond acceptors (Lipinski definition) is 5. The quantitative estimate of drug-likeness (QED) is 0.705. The number of methoxy groups -OCH3 is 1. The summed E-state index contributed by atoms with van der Waals surface area (Å²) in [6.07, 6.45) is 0. The number of nitrogens with one attached hydrogen (secondary N) is 1. The molecule has 0 fully saturated rings. The van der Waals surface area contributed by atoms with Gasteiger partial charge in [0.05, 0.1) is 25.9 Å². The van der Waals surface area contributed by atoms with Gasteiger partial charge in [-0.25, -0.2) is 13.1 Å². The van der Waals surface area contributed by atoms with Crippen molar-refractivity contribution in [3.05, 3.63) is 23.2 Å². The van der Waals surface area contributed by atoms with Crippen LogP contribution in [0.25, 0.3) is 0 Å². The molecule has 1 aromatic rings. The Morgan fingerprint density at radius 1 is 1.37 bits per heavy atom. The zero-order valence-corrected chi connectivity index (χ0v) is 12.1. The van der Waals surface area contributed by atoms with Crippen molar-refractivity contribution < 1.29 is 23.4 Å². The minimum absolute atomic E-state index is 0.0817. The lowest BCUT2D eigenvalue weighted by atomic mass is 10.1. The largest absolute Gasteiger partial charge is 0.495 e. The first-order valence-electron chi connectivity index (χ1n) is 5.37. The summed E-state index contributed by atoms with van der Waals surface area (Å²) in [4.78, 5) is -0.118. The van der Waals surface area contributed by atoms with Gasteiger partial charge in [-0.1, -0.05) is 11.6 Å². The van der Waals surface area contributed by atoms with Crippen LogP contribution in [-0.2, 0) is 10.0 Å². The van der Waals surface area contributed by atoms with Crippen LogP contribution >= 0.6 is 11.6 Å². The molecule has 0 unspecified atom stereocenters. The summed E-state index contributed by atoms with van der Waals surface area (Å²) in [5, 5.41) is 18.6. The average Bonchev–Trinajstić information content (AvgIpc) is 2.37. The third-order valence-electron chi connectivity index (χ3n) is 2.49. The van der Waals surface area contributed by atoms with Gasteiger partial charge < -0.3 is 14.9 Å². The normalized spacial score (nSPS) is 12.5. The van der Waals surface area contributed by atoms with Crippen LogP contribution < -0.4 is 9.46 Å². The number of rotatable bonds is 6. The van der Waals surface area contributed by atoms with E-state index < -0.39 is 28.8 Å². The summed E-state index contributed by atoms with van der Waals surface area (Å²) in [7, 11) is -2.63. The Kier molecular flexibility index (Phi) is 5.17. The van der Waals surface area contributed by atoms with E-state index in [1.807, 2.05) is 0 Å². The zero-order valence-electron chi connectivity index (χ0n) is 10.6. The van der Waals surface area contributed by atoms with Gasteiger partial charge in [0.1, 0.15) is 10.6 Å². The fourth-order valence-electron chi connectivity index (χ4n) is 1.36. The van der Waals surface area contributed by atoms with Gasteiger partial charge in [-0.3, -0.25) is 0 Å². The minimum atomic E-state index is -3.96. The summed E-state index contributed by atoms with van der Waals surface area (Å²) in [5.41, 5.74) is -1.36. The number of sulfonamides is 1. The van der Waals surface area contributed by atoms with Crippen LogP contribution in [0.3, 0.4) is 0 Å². The number of halogens is 1. The third kappa shape index (κ3) is 3.80. The summed E-state index contributed by atoms with van der Waals surface area (Å²) < 4.78 is 31.6. The van der Waals surface area contributed by atoms with E-state index in [1.165, 1.54) is 32.2 Å². The van der Waals surface area contributed by atoms with Gasteiger partial charge >= 0.3 is 0 Å². The molecular formula is C11H16ClNO5S. The van der Waals surface area contributed by atoms with Crippen molar-refractivity contribution in [2.75, 3.05) is 20.3 Å². The molecule has 0 spiro atoms. The highest BCUT2D eigenvalue weighted by Crippen LogP contribution is 2.27. The van der Waals surface area contributed by atoms with Gasteiger partial charge in [-0.2, -0.15) is 0 Å². The van der Waals surface area contributed by atoms with Crippen molar-refractivity contribution in [3.63, 3.8) is 0 Å². The topological polar surface area (TPSA) is 95.9 Å². The van der Waals surface area contributed by atoms with Crippen molar-refractivity contribution in [3.8, 4) is 5.75 Å². The van der Waals surface area contributed by atoms with E-state index in [4.69, 9.17) is 26.6 Å². The standard InChI is InChI=1S/C11H16ClNO5S/c1-11(6-14,7-15)13-19(16,17)10-4-3-8(12)5-9(10)18-2/h3-5,13-15H,6-7H2,1-2H3. The average molecular weight is 310 g/mol. The molecule has 0 aromatic heterocycles. The molecule has 8 heteroatoms. The highest BCUT2D eigenvalue weighted by atomic mass is 35.5. The Hall–Kier alpha value is -0.860. The van der Waals surface area contributed by atoms with E-state index in [-0.39, 0.29) is 10.6 Å². The molecule has 0 radical (unpaired) electrons. The van der Waals surface area contributed by atoms with E-state index in [0.29, 0.717) is 5.02 Å². The van der Waals surface area contributed by atoms with Crippen molar-refractivity contribution in [1.29, 1.82) is 0 Å². The minimum Gasteiger partial charge on any atom is -0.495 e. The monoisotopic (exact) mass is 309 g/mol. The molecular weight excluding hydrogens is 294 g/mol. The maximum atomic E-state index is 12.2. The van der Waals surface area contributed by atoms with Crippen LogP contribution in [0.15, 0.2) is 23.1 Å². The number of benzene rings is 1. The highest BCUT2D eigenvalue weighted by Gasteiger charge is 2.31. The predicted molar refractivity (Wildman–Crippen MR) is 70.9 cm³/mol. The maximum Gasteiger partial charge on any atom is 0.244 e. The molecule has 1 aromatic carbocycles. The molecule has 0 amide bonds. The van der Waals surface area contributed by atoms with Gasteiger partial charge in [0.25, 0.3) is 0 Å². The molecule has 1 rings (SSSR count). The SMILES string of the molecule is COc1cc(Cl)ccc1S(=O)(=O)NC(C)(CO)CO. The number of aliphatic hydroxyl groups is 2. The number of ether oxygens (including phenoxy) is 1. The second-order valence-electron chi connectivity index (χ2n) is 4.28. The molecule has 3 N–H and O–H groups in total. The van der Waals surface area contributed by atoms with Crippen LogP contribution in [-0.4, -0.2) is 44.5 Å². The smallest absolute Gasteiger partial charge is 0.244 e. The van der Waals surface area contributed by atoms with Crippen molar-refractivity contribution >= 4 is 21.6 Å². The van der Waals surface area contributed by atoms with Gasteiger partial charge in [-0.05, 0) is 19.1 Å². The lowest BCUT2D eigenvalue weighted by Crippen LogP contribution is -2.51. The first-order chi connectivity index (χ1) is 8.78. The van der Waals surface area contributed by atoms with Crippen molar-refractivity contribution in [2.24, 2.45) is 0 Å². The lowest BCUT2D eigenvalue weighted by Gasteiger charge is -2.26. The molecule has 0 aliphatic carbocycles. The zero-order chi connectivity index (χ0) is 14.7.